The van der Waals surface area contributed by atoms with Gasteiger partial charge in [-0.2, -0.15) is 0 Å². The number of amides is 1. The number of nitrogens with zero attached hydrogens (tertiary/aromatic N) is 2. The molecule has 1 saturated heterocycles. The number of aromatic nitrogens is 1. The summed E-state index contributed by atoms with van der Waals surface area (Å²) in [5, 5.41) is 11.2. The van der Waals surface area contributed by atoms with E-state index in [4.69, 9.17) is 9.47 Å². The van der Waals surface area contributed by atoms with Gasteiger partial charge in [-0.15, -0.1) is 0 Å². The van der Waals surface area contributed by atoms with Crippen molar-refractivity contribution in [2.75, 3.05) is 7.11 Å². The van der Waals surface area contributed by atoms with Crippen LogP contribution in [0.2, 0.25) is 0 Å². The van der Waals surface area contributed by atoms with Crippen molar-refractivity contribution >= 4 is 17.4 Å². The standard InChI is InChI=1S/C27H26N2O5/c1-17(2)34-20-10-8-19(9-11-20)25(30)23-24(21-6-4-5-7-22(21)33-3)29(27(32)26(23)31)16-18-12-14-28-15-13-18/h4-15,17,24,30H,16H2,1-3H3/b25-23-. The summed E-state index contributed by atoms with van der Waals surface area (Å²) in [5.74, 6) is -0.520. The number of carbonyl (C=O) groups excluding carboxylic acids is 2. The molecule has 2 heterocycles. The highest BCUT2D eigenvalue weighted by Gasteiger charge is 2.47. The summed E-state index contributed by atoms with van der Waals surface area (Å²) in [5.41, 5.74) is 1.85. The zero-order valence-corrected chi connectivity index (χ0v) is 19.3. The van der Waals surface area contributed by atoms with E-state index in [9.17, 15) is 14.7 Å². The van der Waals surface area contributed by atoms with Crippen molar-refractivity contribution in [2.24, 2.45) is 0 Å². The number of pyridine rings is 1. The lowest BCUT2D eigenvalue weighted by atomic mass is 9.94. The molecule has 1 N–H and O–H groups in total. The van der Waals surface area contributed by atoms with Crippen molar-refractivity contribution in [3.05, 3.63) is 95.3 Å². The largest absolute Gasteiger partial charge is 0.507 e. The molecule has 7 nitrogen and oxygen atoms in total. The van der Waals surface area contributed by atoms with Gasteiger partial charge in [0.15, 0.2) is 0 Å². The second-order valence-corrected chi connectivity index (χ2v) is 8.22. The summed E-state index contributed by atoms with van der Waals surface area (Å²) >= 11 is 0. The molecule has 1 fully saturated rings. The summed E-state index contributed by atoms with van der Waals surface area (Å²) in [6, 6.07) is 16.7. The summed E-state index contributed by atoms with van der Waals surface area (Å²) in [6.45, 7) is 4.02. The van der Waals surface area contributed by atoms with Gasteiger partial charge in [-0.05, 0) is 61.9 Å². The van der Waals surface area contributed by atoms with E-state index >= 15 is 0 Å². The molecule has 0 radical (unpaired) electrons. The lowest BCUT2D eigenvalue weighted by Gasteiger charge is -2.26. The van der Waals surface area contributed by atoms with E-state index in [1.54, 1.807) is 60.9 Å². The van der Waals surface area contributed by atoms with Crippen LogP contribution in [0.4, 0.5) is 0 Å². The second-order valence-electron chi connectivity index (χ2n) is 8.22. The Hall–Kier alpha value is -4.13. The monoisotopic (exact) mass is 458 g/mol. The molecule has 1 aliphatic heterocycles. The topological polar surface area (TPSA) is 89.0 Å². The number of aliphatic hydroxyl groups is 1. The van der Waals surface area contributed by atoms with Gasteiger partial charge < -0.3 is 19.5 Å². The average molecular weight is 459 g/mol. The number of ketones is 1. The second kappa shape index (κ2) is 9.79. The van der Waals surface area contributed by atoms with Crippen LogP contribution in [-0.2, 0) is 16.1 Å². The van der Waals surface area contributed by atoms with Crippen LogP contribution in [0, 0.1) is 0 Å². The van der Waals surface area contributed by atoms with Crippen LogP contribution in [-0.4, -0.2) is 39.9 Å². The van der Waals surface area contributed by atoms with Crippen LogP contribution in [0.15, 0.2) is 78.6 Å². The van der Waals surface area contributed by atoms with E-state index in [0.717, 1.165) is 5.56 Å². The summed E-state index contributed by atoms with van der Waals surface area (Å²) in [4.78, 5) is 31.9. The molecule has 34 heavy (non-hydrogen) atoms. The third-order valence-electron chi connectivity index (χ3n) is 5.58. The van der Waals surface area contributed by atoms with Gasteiger partial charge in [0, 0.05) is 30.1 Å². The third kappa shape index (κ3) is 4.50. The fourth-order valence-electron chi connectivity index (χ4n) is 4.06. The highest BCUT2D eigenvalue weighted by atomic mass is 16.5. The predicted octanol–water partition coefficient (Wildman–Crippen LogP) is 4.50. The van der Waals surface area contributed by atoms with Crippen molar-refractivity contribution < 1.29 is 24.2 Å². The molecule has 1 aliphatic rings. The minimum Gasteiger partial charge on any atom is -0.507 e. The molecule has 3 aromatic rings. The number of benzene rings is 2. The number of aliphatic hydroxyl groups excluding tert-OH is 1. The number of para-hydroxylation sites is 1. The van der Waals surface area contributed by atoms with Gasteiger partial charge in [0.25, 0.3) is 11.7 Å². The molecule has 174 valence electrons. The summed E-state index contributed by atoms with van der Waals surface area (Å²) in [7, 11) is 1.53. The first-order valence-corrected chi connectivity index (χ1v) is 11.0. The number of hydrogen-bond donors (Lipinski definition) is 1. The van der Waals surface area contributed by atoms with E-state index in [2.05, 4.69) is 4.98 Å². The maximum Gasteiger partial charge on any atom is 0.295 e. The molecule has 4 rings (SSSR count). The number of Topliss-reactive ketones (excluding diaryl/α,β-unsaturated/α-hetero) is 1. The molecule has 0 aliphatic carbocycles. The Morgan fingerprint density at radius 1 is 1.03 bits per heavy atom. The number of methoxy groups -OCH3 is 1. The Labute approximate surface area is 198 Å². The molecule has 1 unspecified atom stereocenters. The van der Waals surface area contributed by atoms with Crippen LogP contribution in [0.1, 0.15) is 36.6 Å². The van der Waals surface area contributed by atoms with Crippen LogP contribution < -0.4 is 9.47 Å². The number of rotatable bonds is 7. The van der Waals surface area contributed by atoms with E-state index in [-0.39, 0.29) is 24.0 Å². The van der Waals surface area contributed by atoms with Crippen LogP contribution in [0.25, 0.3) is 5.76 Å². The normalized spacial score (nSPS) is 17.3. The first-order valence-electron chi connectivity index (χ1n) is 11.0. The fourth-order valence-corrected chi connectivity index (χ4v) is 4.06. The van der Waals surface area contributed by atoms with Crippen LogP contribution in [0.3, 0.4) is 0 Å². The molecule has 0 bridgehead atoms. The lowest BCUT2D eigenvalue weighted by molar-refractivity contribution is -0.140. The first kappa shape index (κ1) is 23.0. The van der Waals surface area contributed by atoms with Crippen molar-refractivity contribution in [3.63, 3.8) is 0 Å². The van der Waals surface area contributed by atoms with Crippen molar-refractivity contribution in [1.82, 2.24) is 9.88 Å². The fraction of sp³-hybridized carbons (Fsp3) is 0.222. The van der Waals surface area contributed by atoms with E-state index < -0.39 is 17.7 Å². The summed E-state index contributed by atoms with van der Waals surface area (Å²) in [6.07, 6.45) is 3.26. The molecular weight excluding hydrogens is 432 g/mol. The quantitative estimate of drug-likeness (QED) is 0.319. The SMILES string of the molecule is COc1ccccc1C1/C(=C(/O)c2ccc(OC(C)C)cc2)C(=O)C(=O)N1Cc1ccncc1. The van der Waals surface area contributed by atoms with Crippen LogP contribution in [0.5, 0.6) is 11.5 Å². The molecule has 1 atom stereocenters. The van der Waals surface area contributed by atoms with Crippen LogP contribution >= 0.6 is 0 Å². The molecule has 1 amide bonds. The average Bonchev–Trinajstić information content (AvgIpc) is 3.09. The van der Waals surface area contributed by atoms with Gasteiger partial charge in [0.1, 0.15) is 17.3 Å². The zero-order chi connectivity index (χ0) is 24.2. The molecule has 0 spiro atoms. The molecule has 1 aromatic heterocycles. The van der Waals surface area contributed by atoms with E-state index in [0.29, 0.717) is 22.6 Å². The van der Waals surface area contributed by atoms with E-state index in [1.165, 1.54) is 12.0 Å². The summed E-state index contributed by atoms with van der Waals surface area (Å²) < 4.78 is 11.2. The third-order valence-corrected chi connectivity index (χ3v) is 5.58. The Balaban J connectivity index is 1.83. The number of likely N-dealkylation sites (tertiary alicyclic amines) is 1. The molecule has 2 aromatic carbocycles. The predicted molar refractivity (Wildman–Crippen MR) is 127 cm³/mol. The Kier molecular flexibility index (Phi) is 6.63. The minimum atomic E-state index is -0.823. The lowest BCUT2D eigenvalue weighted by Crippen LogP contribution is -2.29. The van der Waals surface area contributed by atoms with Crippen molar-refractivity contribution in [1.29, 1.82) is 0 Å². The van der Waals surface area contributed by atoms with Gasteiger partial charge in [0.05, 0.1) is 24.8 Å². The number of carbonyl (C=O) groups is 2. The smallest absolute Gasteiger partial charge is 0.295 e. The Morgan fingerprint density at radius 3 is 2.35 bits per heavy atom. The Bertz CT molecular complexity index is 1220. The molecule has 0 saturated carbocycles. The van der Waals surface area contributed by atoms with Gasteiger partial charge in [0.2, 0.25) is 0 Å². The van der Waals surface area contributed by atoms with Crippen molar-refractivity contribution in [3.8, 4) is 11.5 Å². The van der Waals surface area contributed by atoms with E-state index in [1.807, 2.05) is 26.0 Å². The number of ether oxygens (including phenoxy) is 2. The van der Waals surface area contributed by atoms with Gasteiger partial charge in [-0.3, -0.25) is 14.6 Å². The van der Waals surface area contributed by atoms with Crippen molar-refractivity contribution in [2.45, 2.75) is 32.5 Å². The zero-order valence-electron chi connectivity index (χ0n) is 19.3. The maximum atomic E-state index is 13.2. The molecule has 7 heteroatoms. The van der Waals surface area contributed by atoms with Gasteiger partial charge in [-0.25, -0.2) is 0 Å². The minimum absolute atomic E-state index is 0.00324. The molecular formula is C27H26N2O5. The highest BCUT2D eigenvalue weighted by molar-refractivity contribution is 6.46. The maximum absolute atomic E-state index is 13.2. The number of hydrogen-bond acceptors (Lipinski definition) is 6. The van der Waals surface area contributed by atoms with Gasteiger partial charge >= 0.3 is 0 Å². The highest BCUT2D eigenvalue weighted by Crippen LogP contribution is 2.43. The Morgan fingerprint density at radius 2 is 1.71 bits per heavy atom. The first-order chi connectivity index (χ1) is 16.4. The van der Waals surface area contributed by atoms with Gasteiger partial charge in [-0.1, -0.05) is 18.2 Å².